The zero-order chi connectivity index (χ0) is 48.2. The van der Waals surface area contributed by atoms with Gasteiger partial charge in [-0.25, -0.2) is 0 Å². The van der Waals surface area contributed by atoms with Crippen LogP contribution < -0.4 is 9.80 Å². The first kappa shape index (κ1) is 43.2. The number of nitrogens with zero attached hydrogens (tertiary/aromatic N) is 2. The molecule has 0 amide bonds. The molecule has 4 heteroatoms. The smallest absolute Gasteiger partial charge is 0.159 e. The Hall–Kier alpha value is -7.56. The topological polar surface area (TPSA) is 32.8 Å². The molecule has 10 aromatic carbocycles. The van der Waals surface area contributed by atoms with E-state index in [1.165, 1.54) is 141 Å². The largest absolute Gasteiger partial charge is 0.454 e. The van der Waals surface area contributed by atoms with E-state index in [1.54, 1.807) is 0 Å². The van der Waals surface area contributed by atoms with Gasteiger partial charge in [0, 0.05) is 43.7 Å². The SMILES string of the molecule is Cc1cc(C)cc(N(c2ccc3ccc4c(N(c5cc(C)cc(C)c5)c5cccc6c5oc5c(C7CCCCC7)cccc56)ccc5ccc2c3c54)c2cccc3c2oc2c(C4CCCCC4)cccc23)c1. The van der Waals surface area contributed by atoms with Crippen LogP contribution in [0.2, 0.25) is 0 Å². The van der Waals surface area contributed by atoms with Crippen molar-refractivity contribution in [3.05, 3.63) is 191 Å². The van der Waals surface area contributed by atoms with Crippen LogP contribution in [0, 0.1) is 27.7 Å². The first-order valence-electron chi connectivity index (χ1n) is 26.7. The highest BCUT2D eigenvalue weighted by atomic mass is 16.3. The third-order valence-corrected chi connectivity index (χ3v) is 16.7. The van der Waals surface area contributed by atoms with Gasteiger partial charge in [-0.3, -0.25) is 0 Å². The Morgan fingerprint density at radius 2 is 0.694 bits per heavy atom. The molecule has 12 aromatic rings. The van der Waals surface area contributed by atoms with E-state index < -0.39 is 0 Å². The number of anilines is 6. The Morgan fingerprint density at radius 1 is 0.333 bits per heavy atom. The maximum Gasteiger partial charge on any atom is 0.159 e. The summed E-state index contributed by atoms with van der Waals surface area (Å²) in [5.41, 5.74) is 18.2. The van der Waals surface area contributed by atoms with Crippen LogP contribution in [0.15, 0.2) is 167 Å². The van der Waals surface area contributed by atoms with Gasteiger partial charge in [0.2, 0.25) is 0 Å². The molecule has 0 radical (unpaired) electrons. The molecule has 0 saturated heterocycles. The maximum atomic E-state index is 7.25. The van der Waals surface area contributed by atoms with Crippen LogP contribution in [0.3, 0.4) is 0 Å². The van der Waals surface area contributed by atoms with E-state index in [4.69, 9.17) is 8.83 Å². The monoisotopic (exact) mass is 936 g/mol. The van der Waals surface area contributed by atoms with Crippen LogP contribution in [-0.2, 0) is 0 Å². The number of hydrogen-bond donors (Lipinski definition) is 0. The lowest BCUT2D eigenvalue weighted by Gasteiger charge is -2.30. The summed E-state index contributed by atoms with van der Waals surface area (Å²) in [6.07, 6.45) is 12.7. The zero-order valence-electron chi connectivity index (χ0n) is 41.9. The van der Waals surface area contributed by atoms with E-state index in [-0.39, 0.29) is 0 Å². The van der Waals surface area contributed by atoms with Crippen molar-refractivity contribution in [3.8, 4) is 0 Å². The number of para-hydroxylation sites is 4. The molecule has 2 fully saturated rings. The number of benzene rings is 10. The quantitative estimate of drug-likeness (QED) is 0.142. The fourth-order valence-corrected chi connectivity index (χ4v) is 13.6. The van der Waals surface area contributed by atoms with E-state index in [1.807, 2.05) is 0 Å². The van der Waals surface area contributed by atoms with Gasteiger partial charge in [-0.1, -0.05) is 148 Å². The van der Waals surface area contributed by atoms with Gasteiger partial charge in [-0.15, -0.1) is 0 Å². The molecule has 2 saturated carbocycles. The lowest BCUT2D eigenvalue weighted by Crippen LogP contribution is -2.12. The number of fused-ring (bicyclic) bond motifs is 6. The van der Waals surface area contributed by atoms with Crippen molar-refractivity contribution in [2.24, 2.45) is 0 Å². The third kappa shape index (κ3) is 6.93. The van der Waals surface area contributed by atoms with Crippen LogP contribution in [0.5, 0.6) is 0 Å². The summed E-state index contributed by atoms with van der Waals surface area (Å²) in [6, 6.07) is 59.7. The molecule has 2 aliphatic rings. The van der Waals surface area contributed by atoms with Crippen molar-refractivity contribution in [2.45, 2.75) is 104 Å². The second kappa shape index (κ2) is 17.1. The third-order valence-electron chi connectivity index (χ3n) is 16.7. The van der Waals surface area contributed by atoms with Gasteiger partial charge < -0.3 is 18.6 Å². The minimum atomic E-state index is 0.529. The van der Waals surface area contributed by atoms with Crippen molar-refractivity contribution in [2.75, 3.05) is 9.80 Å². The van der Waals surface area contributed by atoms with Gasteiger partial charge in [-0.05, 0) is 169 Å². The lowest BCUT2D eigenvalue weighted by molar-refractivity contribution is 0.442. The summed E-state index contributed by atoms with van der Waals surface area (Å²) in [7, 11) is 0. The van der Waals surface area contributed by atoms with Gasteiger partial charge in [-0.2, -0.15) is 0 Å². The second-order valence-electron chi connectivity index (χ2n) is 21.6. The fraction of sp³-hybridized carbons (Fsp3) is 0.235. The van der Waals surface area contributed by atoms with E-state index in [2.05, 4.69) is 195 Å². The van der Waals surface area contributed by atoms with Crippen molar-refractivity contribution in [3.63, 3.8) is 0 Å². The summed E-state index contributed by atoms with van der Waals surface area (Å²) in [5, 5.41) is 12.1. The zero-order valence-corrected chi connectivity index (χ0v) is 41.9. The summed E-state index contributed by atoms with van der Waals surface area (Å²) in [5.74, 6) is 1.06. The number of furan rings is 2. The molecule has 2 heterocycles. The predicted molar refractivity (Wildman–Crippen MR) is 305 cm³/mol. The highest BCUT2D eigenvalue weighted by molar-refractivity contribution is 6.29. The number of aryl methyl sites for hydroxylation is 4. The molecule has 14 rings (SSSR count). The Labute approximate surface area is 421 Å². The molecule has 0 N–H and O–H groups in total. The highest BCUT2D eigenvalue weighted by Crippen LogP contribution is 2.52. The average Bonchev–Trinajstić information content (AvgIpc) is 3.99. The fourth-order valence-electron chi connectivity index (χ4n) is 13.6. The minimum Gasteiger partial charge on any atom is -0.454 e. The van der Waals surface area contributed by atoms with Crippen molar-refractivity contribution >= 4 is 110 Å². The lowest BCUT2D eigenvalue weighted by atomic mass is 9.83. The summed E-state index contributed by atoms with van der Waals surface area (Å²) < 4.78 is 14.5. The van der Waals surface area contributed by atoms with Crippen LogP contribution in [0.4, 0.5) is 34.1 Å². The Morgan fingerprint density at radius 3 is 1.10 bits per heavy atom. The summed E-state index contributed by atoms with van der Waals surface area (Å²) >= 11 is 0. The summed E-state index contributed by atoms with van der Waals surface area (Å²) in [6.45, 7) is 8.84. The molecule has 0 aliphatic heterocycles. The van der Waals surface area contributed by atoms with Gasteiger partial charge in [0.15, 0.2) is 11.2 Å². The van der Waals surface area contributed by atoms with Crippen LogP contribution in [-0.4, -0.2) is 0 Å². The molecule has 0 spiro atoms. The minimum absolute atomic E-state index is 0.529. The average molecular weight is 937 g/mol. The molecule has 0 bridgehead atoms. The second-order valence-corrected chi connectivity index (χ2v) is 21.6. The summed E-state index contributed by atoms with van der Waals surface area (Å²) in [4.78, 5) is 4.95. The molecule has 0 unspecified atom stereocenters. The predicted octanol–water partition coefficient (Wildman–Crippen LogP) is 20.7. The normalized spacial score (nSPS) is 15.1. The van der Waals surface area contributed by atoms with E-state index >= 15 is 0 Å². The van der Waals surface area contributed by atoms with Crippen molar-refractivity contribution in [1.29, 1.82) is 0 Å². The first-order chi connectivity index (χ1) is 35.3. The van der Waals surface area contributed by atoms with Gasteiger partial charge in [0.1, 0.15) is 11.2 Å². The van der Waals surface area contributed by atoms with E-state index in [9.17, 15) is 0 Å². The molecule has 4 nitrogen and oxygen atoms in total. The molecule has 354 valence electrons. The maximum absolute atomic E-state index is 7.25. The molecule has 2 aliphatic carbocycles. The molecule has 2 aromatic heterocycles. The van der Waals surface area contributed by atoms with Crippen molar-refractivity contribution in [1.82, 2.24) is 0 Å². The number of hydrogen-bond acceptors (Lipinski definition) is 4. The molecular formula is C68H60N2O2. The Kier molecular flexibility index (Phi) is 10.2. The standard InChI is InChI=1S/C68H60N2O2/c1-41-35-42(2)38-49(37-41)69(61-25-13-23-55-53-21-11-19-51(65(53)71-67(55)61)45-15-7-5-8-16-45)59-33-29-47-28-32-58-60(34-30-48-27-31-57(59)63(47)64(48)58)70(50-39-43(3)36-44(4)40-50)62-26-14-24-56-54-22-12-20-52(66(54)72-68(56)62)46-17-9-6-10-18-46/h11-14,19-40,45-46H,5-10,15-18H2,1-4H3. The van der Waals surface area contributed by atoms with Gasteiger partial charge >= 0.3 is 0 Å². The van der Waals surface area contributed by atoms with E-state index in [0.717, 1.165) is 67.2 Å². The Balaban J connectivity index is 1.00. The molecule has 0 atom stereocenters. The Bertz CT molecular complexity index is 3780. The van der Waals surface area contributed by atoms with Crippen LogP contribution in [0.1, 0.15) is 109 Å². The van der Waals surface area contributed by atoms with Crippen LogP contribution in [0.25, 0.3) is 76.2 Å². The number of rotatable bonds is 8. The molecular weight excluding hydrogens is 877 g/mol. The highest BCUT2D eigenvalue weighted by Gasteiger charge is 2.28. The van der Waals surface area contributed by atoms with E-state index in [0.29, 0.717) is 11.8 Å². The first-order valence-corrected chi connectivity index (χ1v) is 26.7. The van der Waals surface area contributed by atoms with Gasteiger partial charge in [0.05, 0.1) is 22.7 Å². The van der Waals surface area contributed by atoms with Crippen LogP contribution >= 0.6 is 0 Å². The van der Waals surface area contributed by atoms with Gasteiger partial charge in [0.25, 0.3) is 0 Å². The molecule has 72 heavy (non-hydrogen) atoms. The van der Waals surface area contributed by atoms with Crippen molar-refractivity contribution < 1.29 is 8.83 Å².